The summed E-state index contributed by atoms with van der Waals surface area (Å²) < 4.78 is 46.5. The minimum Gasteiger partial charge on any atom is -0.319 e. The molecule has 1 heterocycles. The van der Waals surface area contributed by atoms with E-state index in [1.165, 1.54) is 6.20 Å². The predicted molar refractivity (Wildman–Crippen MR) is 52.3 cm³/mol. The maximum atomic E-state index is 13.4. The molecule has 0 saturated heterocycles. The van der Waals surface area contributed by atoms with Crippen molar-refractivity contribution in [3.8, 4) is 0 Å². The summed E-state index contributed by atoms with van der Waals surface area (Å²) in [5.74, 6) is -4.07. The number of hydrogen-bond acceptors (Lipinski definition) is 4. The third-order valence-corrected chi connectivity index (χ3v) is 2.59. The van der Waals surface area contributed by atoms with Crippen LogP contribution >= 0.6 is 11.7 Å². The quantitative estimate of drug-likeness (QED) is 0.823. The highest BCUT2D eigenvalue weighted by atomic mass is 32.1. The molecule has 0 fully saturated rings. The summed E-state index contributed by atoms with van der Waals surface area (Å²) >= 11 is 0.906. The van der Waals surface area contributed by atoms with Gasteiger partial charge < -0.3 is 5.73 Å². The highest BCUT2D eigenvalue weighted by molar-refractivity contribution is 6.99. The van der Waals surface area contributed by atoms with Crippen molar-refractivity contribution in [2.45, 2.75) is 6.04 Å². The number of nitrogens with zero attached hydrogens (tertiary/aromatic N) is 2. The molecule has 0 aliphatic heterocycles. The van der Waals surface area contributed by atoms with Crippen molar-refractivity contribution in [1.82, 2.24) is 8.75 Å². The normalized spacial score (nSPS) is 12.8. The number of hydrogen-bond donors (Lipinski definition) is 1. The first-order valence-corrected chi connectivity index (χ1v) is 5.00. The molecule has 2 N–H and O–H groups in total. The van der Waals surface area contributed by atoms with Gasteiger partial charge in [-0.2, -0.15) is 8.75 Å². The molecule has 0 spiro atoms. The molecule has 0 saturated carbocycles. The second kappa shape index (κ2) is 4.18. The van der Waals surface area contributed by atoms with Gasteiger partial charge in [-0.1, -0.05) is 6.07 Å². The summed E-state index contributed by atoms with van der Waals surface area (Å²) in [6, 6.07) is 0.972. The van der Waals surface area contributed by atoms with Gasteiger partial charge in [0.1, 0.15) is 0 Å². The van der Waals surface area contributed by atoms with Crippen LogP contribution in [0.4, 0.5) is 13.2 Å². The molecule has 16 heavy (non-hydrogen) atoms. The molecule has 3 nitrogen and oxygen atoms in total. The van der Waals surface area contributed by atoms with Gasteiger partial charge in [0.15, 0.2) is 17.5 Å². The summed E-state index contributed by atoms with van der Waals surface area (Å²) in [6.45, 7) is 0. The minimum atomic E-state index is -1.53. The van der Waals surface area contributed by atoms with Crippen LogP contribution < -0.4 is 5.73 Å². The Balaban J connectivity index is 2.45. The molecular weight excluding hydrogens is 239 g/mol. The average molecular weight is 245 g/mol. The van der Waals surface area contributed by atoms with Crippen LogP contribution in [0.5, 0.6) is 0 Å². The Morgan fingerprint density at radius 2 is 1.94 bits per heavy atom. The number of halogens is 3. The SMILES string of the molecule is NC(c1cnsn1)c1ccc(F)c(F)c1F. The first-order valence-electron chi connectivity index (χ1n) is 4.27. The largest absolute Gasteiger partial charge is 0.319 e. The van der Waals surface area contributed by atoms with Gasteiger partial charge in [-0.3, -0.25) is 0 Å². The van der Waals surface area contributed by atoms with Crippen molar-refractivity contribution in [2.75, 3.05) is 0 Å². The van der Waals surface area contributed by atoms with E-state index in [0.29, 0.717) is 5.69 Å². The maximum absolute atomic E-state index is 13.4. The van der Waals surface area contributed by atoms with Crippen LogP contribution in [-0.4, -0.2) is 8.75 Å². The van der Waals surface area contributed by atoms with Crippen LogP contribution in [0.1, 0.15) is 17.3 Å². The molecule has 2 aromatic rings. The molecule has 0 amide bonds. The van der Waals surface area contributed by atoms with Crippen LogP contribution in [0.3, 0.4) is 0 Å². The van der Waals surface area contributed by atoms with E-state index >= 15 is 0 Å². The molecule has 7 heteroatoms. The zero-order valence-electron chi connectivity index (χ0n) is 7.82. The lowest BCUT2D eigenvalue weighted by Gasteiger charge is -2.10. The van der Waals surface area contributed by atoms with Gasteiger partial charge in [-0.15, -0.1) is 0 Å². The van der Waals surface area contributed by atoms with E-state index in [9.17, 15) is 13.2 Å². The van der Waals surface area contributed by atoms with Crippen LogP contribution in [0.2, 0.25) is 0 Å². The first-order chi connectivity index (χ1) is 7.61. The molecule has 1 unspecified atom stereocenters. The molecule has 1 aromatic heterocycles. The molecule has 0 bridgehead atoms. The van der Waals surface area contributed by atoms with Crippen molar-refractivity contribution in [3.63, 3.8) is 0 Å². The van der Waals surface area contributed by atoms with Crippen LogP contribution in [0, 0.1) is 17.5 Å². The summed E-state index contributed by atoms with van der Waals surface area (Å²) in [4.78, 5) is 0. The number of aromatic nitrogens is 2. The van der Waals surface area contributed by atoms with Gasteiger partial charge in [0, 0.05) is 5.56 Å². The Hall–Kier alpha value is -1.47. The molecule has 2 rings (SSSR count). The van der Waals surface area contributed by atoms with E-state index in [1.54, 1.807) is 0 Å². The van der Waals surface area contributed by atoms with E-state index in [0.717, 1.165) is 23.9 Å². The molecule has 0 radical (unpaired) electrons. The summed E-state index contributed by atoms with van der Waals surface area (Å²) in [7, 11) is 0. The third kappa shape index (κ3) is 1.79. The topological polar surface area (TPSA) is 51.8 Å². The van der Waals surface area contributed by atoms with Crippen LogP contribution in [0.15, 0.2) is 18.3 Å². The Morgan fingerprint density at radius 3 is 2.56 bits per heavy atom. The maximum Gasteiger partial charge on any atom is 0.194 e. The molecule has 1 aromatic carbocycles. The van der Waals surface area contributed by atoms with Gasteiger partial charge in [-0.25, -0.2) is 13.2 Å². The fourth-order valence-corrected chi connectivity index (χ4v) is 1.71. The van der Waals surface area contributed by atoms with Crippen molar-refractivity contribution in [1.29, 1.82) is 0 Å². The first kappa shape index (κ1) is 11.0. The predicted octanol–water partition coefficient (Wildman–Crippen LogP) is 2.00. The Labute approximate surface area is 93.1 Å². The van der Waals surface area contributed by atoms with Crippen LogP contribution in [-0.2, 0) is 0 Å². The van der Waals surface area contributed by atoms with Gasteiger partial charge in [-0.05, 0) is 6.07 Å². The summed E-state index contributed by atoms with van der Waals surface area (Å²) in [6.07, 6.45) is 1.36. The fraction of sp³-hybridized carbons (Fsp3) is 0.111. The highest BCUT2D eigenvalue weighted by Crippen LogP contribution is 2.23. The molecule has 1 atom stereocenters. The Morgan fingerprint density at radius 1 is 1.19 bits per heavy atom. The monoisotopic (exact) mass is 245 g/mol. The lowest BCUT2D eigenvalue weighted by Crippen LogP contribution is -2.15. The zero-order chi connectivity index (χ0) is 11.7. The van der Waals surface area contributed by atoms with E-state index < -0.39 is 23.5 Å². The molecular formula is C9H6F3N3S. The third-order valence-electron chi connectivity index (χ3n) is 2.10. The summed E-state index contributed by atoms with van der Waals surface area (Å²) in [5, 5.41) is 0. The van der Waals surface area contributed by atoms with E-state index in [4.69, 9.17) is 5.73 Å². The van der Waals surface area contributed by atoms with Crippen molar-refractivity contribution in [2.24, 2.45) is 5.73 Å². The van der Waals surface area contributed by atoms with Gasteiger partial charge >= 0.3 is 0 Å². The smallest absolute Gasteiger partial charge is 0.194 e. The number of rotatable bonds is 2. The van der Waals surface area contributed by atoms with Crippen molar-refractivity contribution in [3.05, 3.63) is 47.0 Å². The second-order valence-electron chi connectivity index (χ2n) is 3.07. The Kier molecular flexibility index (Phi) is 2.88. The summed E-state index contributed by atoms with van der Waals surface area (Å²) in [5.41, 5.74) is 5.82. The number of benzene rings is 1. The van der Waals surface area contributed by atoms with Gasteiger partial charge in [0.25, 0.3) is 0 Å². The lowest BCUT2D eigenvalue weighted by atomic mass is 10.0. The van der Waals surface area contributed by atoms with Gasteiger partial charge in [0.2, 0.25) is 0 Å². The van der Waals surface area contributed by atoms with Crippen LogP contribution in [0.25, 0.3) is 0 Å². The highest BCUT2D eigenvalue weighted by Gasteiger charge is 2.20. The molecule has 0 aliphatic carbocycles. The fourth-order valence-electron chi connectivity index (χ4n) is 1.25. The standard InChI is InChI=1S/C9H6F3N3S/c10-5-2-1-4(7(11)8(5)12)9(13)6-3-14-16-15-6/h1-3,9H,13H2. The average Bonchev–Trinajstić information content (AvgIpc) is 2.79. The van der Waals surface area contributed by atoms with Crippen molar-refractivity contribution >= 4 is 11.7 Å². The van der Waals surface area contributed by atoms with E-state index in [1.807, 2.05) is 0 Å². The van der Waals surface area contributed by atoms with E-state index in [-0.39, 0.29) is 5.56 Å². The minimum absolute atomic E-state index is 0.147. The van der Waals surface area contributed by atoms with Crippen molar-refractivity contribution < 1.29 is 13.2 Å². The molecule has 84 valence electrons. The second-order valence-corrected chi connectivity index (χ2v) is 3.63. The zero-order valence-corrected chi connectivity index (χ0v) is 8.64. The van der Waals surface area contributed by atoms with Gasteiger partial charge in [0.05, 0.1) is 29.7 Å². The van der Waals surface area contributed by atoms with E-state index in [2.05, 4.69) is 8.75 Å². The Bertz CT molecular complexity index is 501. The number of nitrogens with two attached hydrogens (primary N) is 1. The lowest BCUT2D eigenvalue weighted by molar-refractivity contribution is 0.438. The molecule has 0 aliphatic rings.